The Morgan fingerprint density at radius 2 is 0.809 bits per heavy atom. The zero-order valence-electron chi connectivity index (χ0n) is 65.1. The predicted molar refractivity (Wildman–Crippen MR) is 379 cm³/mol. The third-order valence-electron chi connectivity index (χ3n) is 17.9. The zero-order valence-corrected chi connectivity index (χ0v) is 55.1. The molecule has 0 aliphatic carbocycles. The first-order chi connectivity index (χ1) is 49.2. The maximum atomic E-state index is 8.45. The second-order valence-corrected chi connectivity index (χ2v) is 24.8. The van der Waals surface area contributed by atoms with Crippen LogP contribution in [0, 0.1) is 55.2 Å². The lowest BCUT2D eigenvalue weighted by Gasteiger charge is -2.10. The summed E-state index contributed by atoms with van der Waals surface area (Å²) in [6.45, 7) is 11.4. The fourth-order valence-corrected chi connectivity index (χ4v) is 12.9. The van der Waals surface area contributed by atoms with Gasteiger partial charge in [0.25, 0.3) is 0 Å². The summed E-state index contributed by atoms with van der Waals surface area (Å²) in [5.74, 6) is -1.23. The summed E-state index contributed by atoms with van der Waals surface area (Å²) in [6, 6.07) is 43.5. The highest BCUT2D eigenvalue weighted by molar-refractivity contribution is 6.12. The molecule has 0 amide bonds. The standard InChI is InChI=1S/C22H23N2O.C21H21N2O.C20H19N2O.C19H17N2O/c1-13(2)16-8-10-24(5)18(12-16)20-15(4)11-14(3)19-17-7-6-9-23-22(17)25-21(19)20;1-13(2)15-9-11-23(4)18(12-15)19-14(3)7-8-16-17-6-5-10-22-21(17)24-20(16)19;1-12-7-8-15-16-6-5-9-21-20(16)23-19(15)18(12)17-10-13(2)14(3)11-22(17)4;1-12-6-9-16(21(3)11-12)17-13(2)7-8-14-15-5-4-10-20-19(15)22-18(14)17/h6-13H,1-5H3;5-13H,1-4H3;5-11H,1-4H3;4-11H,1-3H3/q4*+1/i;1D3,13D;3D3;1D3. The minimum atomic E-state index is -2.44. The van der Waals surface area contributed by atoms with Gasteiger partial charge in [-0.2, -0.15) is 0 Å². The Morgan fingerprint density at radius 1 is 0.372 bits per heavy atom. The van der Waals surface area contributed by atoms with Crippen molar-refractivity contribution in [1.29, 1.82) is 0 Å². The Balaban J connectivity index is 0.000000123. The maximum Gasteiger partial charge on any atom is 0.227 e. The third-order valence-corrected chi connectivity index (χ3v) is 17.9. The van der Waals surface area contributed by atoms with E-state index in [1.165, 1.54) is 34.7 Å². The summed E-state index contributed by atoms with van der Waals surface area (Å²) >= 11 is 0. The molecule has 0 aliphatic heterocycles. The molecular weight excluding hydrogens is 1160 g/mol. The van der Waals surface area contributed by atoms with E-state index in [1.807, 2.05) is 141 Å². The van der Waals surface area contributed by atoms with Crippen LogP contribution in [0.5, 0.6) is 0 Å². The number of hydrogen-bond donors (Lipinski definition) is 0. The van der Waals surface area contributed by atoms with Crippen molar-refractivity contribution >= 4 is 88.3 Å². The second kappa shape index (κ2) is 25.1. The van der Waals surface area contributed by atoms with Gasteiger partial charge in [0.1, 0.15) is 28.2 Å². The highest BCUT2D eigenvalue weighted by atomic mass is 16.4. The first-order valence-electron chi connectivity index (χ1n) is 36.3. The summed E-state index contributed by atoms with van der Waals surface area (Å²) in [7, 11) is 7.70. The van der Waals surface area contributed by atoms with E-state index in [9.17, 15) is 0 Å². The van der Waals surface area contributed by atoms with Crippen molar-refractivity contribution in [1.82, 2.24) is 19.9 Å². The number of hydrogen-bond acceptors (Lipinski definition) is 8. The molecule has 4 aromatic carbocycles. The lowest BCUT2D eigenvalue weighted by Crippen LogP contribution is -2.31. The minimum absolute atomic E-state index is 0.315. The highest BCUT2D eigenvalue weighted by Crippen LogP contribution is 2.42. The molecule has 0 radical (unpaired) electrons. The Morgan fingerprint density at radius 3 is 1.29 bits per heavy atom. The first-order valence-corrected chi connectivity index (χ1v) is 31.3. The number of rotatable bonds is 6. The molecule has 12 heteroatoms. The van der Waals surface area contributed by atoms with Crippen LogP contribution in [0.25, 0.3) is 133 Å². The minimum Gasteiger partial charge on any atom is -0.437 e. The van der Waals surface area contributed by atoms with E-state index in [2.05, 4.69) is 102 Å². The Kier molecular flexibility index (Phi) is 13.6. The van der Waals surface area contributed by atoms with E-state index in [1.54, 1.807) is 61.6 Å². The number of aryl methyl sites for hydroxylation is 12. The van der Waals surface area contributed by atoms with Gasteiger partial charge < -0.3 is 17.7 Å². The smallest absolute Gasteiger partial charge is 0.227 e. The average molecular weight is 1250 g/mol. The van der Waals surface area contributed by atoms with E-state index in [-0.39, 0.29) is 0 Å². The van der Waals surface area contributed by atoms with Crippen LogP contribution in [0.4, 0.5) is 0 Å². The van der Waals surface area contributed by atoms with Crippen molar-refractivity contribution < 1.29 is 49.6 Å². The van der Waals surface area contributed by atoms with Gasteiger partial charge in [-0.25, -0.2) is 38.2 Å². The van der Waals surface area contributed by atoms with Crippen LogP contribution in [-0.4, -0.2) is 19.9 Å². The molecule has 12 nitrogen and oxygen atoms in total. The fraction of sp³-hybridized carbons (Fsp3) is 0.220. The summed E-state index contributed by atoms with van der Waals surface area (Å²) in [4.78, 5) is 17.4. The molecule has 0 aliphatic rings. The summed E-state index contributed by atoms with van der Waals surface area (Å²) in [5.41, 5.74) is 22.1. The number of furan rings is 4. The number of fused-ring (bicyclic) bond motifs is 12. The lowest BCUT2D eigenvalue weighted by molar-refractivity contribution is -0.660. The van der Waals surface area contributed by atoms with Crippen molar-refractivity contribution in [3.63, 3.8) is 0 Å². The Bertz CT molecular complexity index is 6060. The summed E-state index contributed by atoms with van der Waals surface area (Å²) < 4.78 is 110. The molecule has 0 bridgehead atoms. The van der Waals surface area contributed by atoms with Crippen LogP contribution < -0.4 is 18.3 Å². The van der Waals surface area contributed by atoms with Crippen molar-refractivity contribution in [2.75, 3.05) is 0 Å². The van der Waals surface area contributed by atoms with Crippen LogP contribution >= 0.6 is 0 Å². The van der Waals surface area contributed by atoms with E-state index in [0.29, 0.717) is 51.0 Å². The fourth-order valence-electron chi connectivity index (χ4n) is 12.9. The zero-order chi connectivity index (χ0) is 74.4. The van der Waals surface area contributed by atoms with E-state index < -0.39 is 26.4 Å². The predicted octanol–water partition coefficient (Wildman–Crippen LogP) is 18.6. The number of benzene rings is 4. The van der Waals surface area contributed by atoms with Crippen LogP contribution in [-0.2, 0) is 28.2 Å². The van der Waals surface area contributed by atoms with Crippen LogP contribution in [0.15, 0.2) is 201 Å². The van der Waals surface area contributed by atoms with E-state index in [4.69, 9.17) is 31.4 Å². The normalized spacial score (nSPS) is 14.2. The molecular formula is C82H80N8O4+4. The Hall–Kier alpha value is -10.7. The van der Waals surface area contributed by atoms with Crippen molar-refractivity contribution in [2.45, 2.75) is 94.7 Å². The lowest BCUT2D eigenvalue weighted by atomic mass is 9.95. The SMILES string of the molecule is Cc1cc(C)c2c(oc3ncccc32)c1-c1cc(C(C)C)cc[n+]1C.[2H]C([2H])([2H])C([2H])(C)c1cc[n+](C)c(-c2c(C)ccc3c2oc2ncccc23)c1.[2H]C([2H])([2H])c1c[n+](C)c(-c2c(C)ccc3c2oc2ncccc23)cc1C.[2H]C([2H])([2H])c1ccc(-c2c(C)ccc3c2oc2ncccc23)[n+](C)c1. The largest absolute Gasteiger partial charge is 0.437 e. The molecule has 0 saturated heterocycles. The van der Waals surface area contributed by atoms with Crippen LogP contribution in [0.3, 0.4) is 0 Å². The molecule has 0 saturated carbocycles. The molecule has 12 heterocycles. The van der Waals surface area contributed by atoms with Gasteiger partial charge in [0.2, 0.25) is 45.6 Å². The molecule has 0 N–H and O–H groups in total. The molecule has 468 valence electrons. The van der Waals surface area contributed by atoms with Gasteiger partial charge >= 0.3 is 0 Å². The van der Waals surface area contributed by atoms with Gasteiger partial charge in [0.15, 0.2) is 47.1 Å². The molecule has 1 unspecified atom stereocenters. The van der Waals surface area contributed by atoms with Gasteiger partial charge in [0, 0.05) is 129 Å². The third kappa shape index (κ3) is 11.3. The van der Waals surface area contributed by atoms with Crippen LogP contribution in [0.1, 0.15) is 109 Å². The summed E-state index contributed by atoms with van der Waals surface area (Å²) in [6.07, 6.45) is 14.2. The first kappa shape index (κ1) is 50.9. The molecule has 0 spiro atoms. The van der Waals surface area contributed by atoms with Gasteiger partial charge in [-0.05, 0) is 166 Å². The maximum absolute atomic E-state index is 8.45. The topological polar surface area (TPSA) is 120 Å². The molecule has 16 rings (SSSR count). The van der Waals surface area contributed by atoms with Gasteiger partial charge in [-0.1, -0.05) is 70.1 Å². The van der Waals surface area contributed by atoms with Crippen LogP contribution in [0.2, 0.25) is 0 Å². The van der Waals surface area contributed by atoms with Crippen molar-refractivity contribution in [3.05, 3.63) is 239 Å². The highest BCUT2D eigenvalue weighted by Gasteiger charge is 2.27. The van der Waals surface area contributed by atoms with Gasteiger partial charge in [0.05, 0.1) is 22.3 Å². The molecule has 94 heavy (non-hydrogen) atoms. The summed E-state index contributed by atoms with van der Waals surface area (Å²) in [5, 5.41) is 8.10. The molecule has 0 fully saturated rings. The number of aromatic nitrogens is 8. The monoisotopic (exact) mass is 1250 g/mol. The van der Waals surface area contributed by atoms with Gasteiger partial charge in [-0.15, -0.1) is 0 Å². The Labute approximate surface area is 562 Å². The number of nitrogens with zero attached hydrogens (tertiary/aromatic N) is 8. The quantitative estimate of drug-likeness (QED) is 0.151. The second-order valence-electron chi connectivity index (χ2n) is 24.8. The molecule has 12 aromatic heterocycles. The number of pyridine rings is 8. The van der Waals surface area contributed by atoms with E-state index >= 15 is 0 Å². The van der Waals surface area contributed by atoms with Gasteiger partial charge in [-0.3, -0.25) is 0 Å². The molecule has 1 atom stereocenters. The molecule has 16 aromatic rings. The van der Waals surface area contributed by atoms with E-state index in [0.717, 1.165) is 116 Å². The average Bonchev–Trinajstić information content (AvgIpc) is 1.59. The van der Waals surface area contributed by atoms with Crippen molar-refractivity contribution in [2.24, 2.45) is 28.2 Å². The van der Waals surface area contributed by atoms with Crippen molar-refractivity contribution in [3.8, 4) is 45.0 Å².